The molecule has 0 bridgehead atoms. The van der Waals surface area contributed by atoms with Crippen molar-refractivity contribution >= 4 is 27.3 Å². The van der Waals surface area contributed by atoms with E-state index in [0.29, 0.717) is 4.83 Å². The molecule has 2 aromatic rings. The van der Waals surface area contributed by atoms with Crippen LogP contribution in [0.2, 0.25) is 0 Å². The fraction of sp³-hybridized carbons (Fsp3) is 0.375. The van der Waals surface area contributed by atoms with E-state index in [1.165, 1.54) is 26.4 Å². The van der Waals surface area contributed by atoms with E-state index in [0.717, 1.165) is 12.8 Å². The maximum Gasteiger partial charge on any atom is 0.0529 e. The van der Waals surface area contributed by atoms with Crippen LogP contribution in [0, 0.1) is 13.8 Å². The van der Waals surface area contributed by atoms with E-state index >= 15 is 0 Å². The lowest BCUT2D eigenvalue weighted by molar-refractivity contribution is 0.965. The summed E-state index contributed by atoms with van der Waals surface area (Å²) < 4.78 is 0. The van der Waals surface area contributed by atoms with Crippen molar-refractivity contribution in [2.45, 2.75) is 38.4 Å². The zero-order valence-corrected chi connectivity index (χ0v) is 13.6. The molecule has 0 aliphatic carbocycles. The summed E-state index contributed by atoms with van der Waals surface area (Å²) in [6.07, 6.45) is 2.19. The molecule has 0 saturated heterocycles. The van der Waals surface area contributed by atoms with Gasteiger partial charge in [0.2, 0.25) is 0 Å². The number of alkyl halides is 1. The minimum absolute atomic E-state index is 0.435. The molecule has 2 heteroatoms. The summed E-state index contributed by atoms with van der Waals surface area (Å²) in [6.45, 7) is 6.56. The standard InChI is InChI=1S/C16H19BrS/c1-4-14-7-8-16(18-14)15(17)10-13-6-5-11(2)12(3)9-13/h5-9,15H,4,10H2,1-3H3. The molecule has 0 aliphatic rings. The van der Waals surface area contributed by atoms with Gasteiger partial charge in [0.25, 0.3) is 0 Å². The molecule has 96 valence electrons. The Labute approximate surface area is 122 Å². The van der Waals surface area contributed by atoms with Gasteiger partial charge in [0.1, 0.15) is 0 Å². The van der Waals surface area contributed by atoms with Gasteiger partial charge in [0.15, 0.2) is 0 Å². The molecule has 0 spiro atoms. The summed E-state index contributed by atoms with van der Waals surface area (Å²) in [5.41, 5.74) is 4.16. The zero-order valence-electron chi connectivity index (χ0n) is 11.2. The van der Waals surface area contributed by atoms with Gasteiger partial charge >= 0.3 is 0 Å². The largest absolute Gasteiger partial charge is 0.144 e. The Morgan fingerprint density at radius 1 is 1.11 bits per heavy atom. The molecule has 18 heavy (non-hydrogen) atoms. The van der Waals surface area contributed by atoms with Gasteiger partial charge in [-0.15, -0.1) is 11.3 Å². The maximum absolute atomic E-state index is 3.82. The van der Waals surface area contributed by atoms with E-state index in [2.05, 4.69) is 67.0 Å². The van der Waals surface area contributed by atoms with Crippen molar-refractivity contribution in [2.75, 3.05) is 0 Å². The van der Waals surface area contributed by atoms with Crippen molar-refractivity contribution in [1.29, 1.82) is 0 Å². The van der Waals surface area contributed by atoms with Gasteiger partial charge in [0, 0.05) is 9.75 Å². The van der Waals surface area contributed by atoms with Crippen molar-refractivity contribution < 1.29 is 0 Å². The molecule has 1 atom stereocenters. The second-order valence-electron chi connectivity index (χ2n) is 4.75. The molecule has 1 unspecified atom stereocenters. The molecule has 0 fully saturated rings. The minimum atomic E-state index is 0.435. The molecule has 0 N–H and O–H groups in total. The Balaban J connectivity index is 2.10. The molecule has 0 amide bonds. The topological polar surface area (TPSA) is 0 Å². The van der Waals surface area contributed by atoms with Crippen LogP contribution < -0.4 is 0 Å². The van der Waals surface area contributed by atoms with Gasteiger partial charge < -0.3 is 0 Å². The summed E-state index contributed by atoms with van der Waals surface area (Å²) in [5, 5.41) is 0. The van der Waals surface area contributed by atoms with Crippen LogP contribution in [0.3, 0.4) is 0 Å². The molecular weight excluding hydrogens is 304 g/mol. The molecule has 1 aromatic heterocycles. The SMILES string of the molecule is CCc1ccc(C(Br)Cc2ccc(C)c(C)c2)s1. The van der Waals surface area contributed by atoms with Crippen LogP contribution in [0.25, 0.3) is 0 Å². The van der Waals surface area contributed by atoms with Crippen molar-refractivity contribution in [1.82, 2.24) is 0 Å². The monoisotopic (exact) mass is 322 g/mol. The van der Waals surface area contributed by atoms with Gasteiger partial charge in [-0.1, -0.05) is 41.1 Å². The van der Waals surface area contributed by atoms with Crippen LogP contribution >= 0.6 is 27.3 Å². The third kappa shape index (κ3) is 3.24. The molecule has 0 radical (unpaired) electrons. The Bertz CT molecular complexity index is 528. The van der Waals surface area contributed by atoms with Gasteiger partial charge in [-0.2, -0.15) is 0 Å². The van der Waals surface area contributed by atoms with E-state index in [9.17, 15) is 0 Å². The Morgan fingerprint density at radius 3 is 2.50 bits per heavy atom. The number of hydrogen-bond donors (Lipinski definition) is 0. The molecular formula is C16H19BrS. The highest BCUT2D eigenvalue weighted by Gasteiger charge is 2.11. The lowest BCUT2D eigenvalue weighted by Crippen LogP contribution is -1.94. The zero-order chi connectivity index (χ0) is 13.1. The van der Waals surface area contributed by atoms with Crippen LogP contribution in [-0.4, -0.2) is 0 Å². The van der Waals surface area contributed by atoms with Crippen molar-refractivity contribution in [3.63, 3.8) is 0 Å². The first-order chi connectivity index (χ1) is 8.60. The summed E-state index contributed by atoms with van der Waals surface area (Å²) in [6, 6.07) is 11.3. The average Bonchev–Trinajstić information content (AvgIpc) is 2.82. The van der Waals surface area contributed by atoms with Crippen LogP contribution in [0.5, 0.6) is 0 Å². The molecule has 2 rings (SSSR count). The van der Waals surface area contributed by atoms with E-state index < -0.39 is 0 Å². The number of halogens is 1. The highest BCUT2D eigenvalue weighted by atomic mass is 79.9. The summed E-state index contributed by atoms with van der Waals surface area (Å²) in [7, 11) is 0. The Kier molecular flexibility index (Phi) is 4.63. The quantitative estimate of drug-likeness (QED) is 0.642. The number of aryl methyl sites for hydroxylation is 3. The number of benzene rings is 1. The molecule has 1 heterocycles. The van der Waals surface area contributed by atoms with E-state index in [1.54, 1.807) is 0 Å². The summed E-state index contributed by atoms with van der Waals surface area (Å²) in [4.78, 5) is 3.34. The fourth-order valence-corrected chi connectivity index (χ4v) is 3.73. The van der Waals surface area contributed by atoms with Crippen LogP contribution in [-0.2, 0) is 12.8 Å². The Morgan fingerprint density at radius 2 is 1.89 bits per heavy atom. The second kappa shape index (κ2) is 6.03. The predicted molar refractivity (Wildman–Crippen MR) is 85.0 cm³/mol. The molecule has 0 aliphatic heterocycles. The normalized spacial score (nSPS) is 12.7. The highest BCUT2D eigenvalue weighted by molar-refractivity contribution is 9.09. The van der Waals surface area contributed by atoms with Crippen LogP contribution in [0.15, 0.2) is 30.3 Å². The predicted octanol–water partition coefficient (Wildman–Crippen LogP) is 5.61. The van der Waals surface area contributed by atoms with Gasteiger partial charge in [-0.25, -0.2) is 0 Å². The fourth-order valence-electron chi connectivity index (χ4n) is 1.99. The first-order valence-corrected chi connectivity index (χ1v) is 8.12. The van der Waals surface area contributed by atoms with Gasteiger partial charge in [-0.3, -0.25) is 0 Å². The first kappa shape index (κ1) is 13.8. The van der Waals surface area contributed by atoms with Crippen molar-refractivity contribution in [3.05, 3.63) is 56.8 Å². The third-order valence-corrected chi connectivity index (χ3v) is 5.79. The minimum Gasteiger partial charge on any atom is -0.144 e. The smallest absolute Gasteiger partial charge is 0.0529 e. The second-order valence-corrected chi connectivity index (χ2v) is 7.05. The molecule has 0 nitrogen and oxygen atoms in total. The first-order valence-electron chi connectivity index (χ1n) is 6.39. The number of hydrogen-bond acceptors (Lipinski definition) is 1. The van der Waals surface area contributed by atoms with E-state index in [1.807, 2.05) is 11.3 Å². The molecule has 0 saturated carbocycles. The Hall–Kier alpha value is -0.600. The third-order valence-electron chi connectivity index (χ3n) is 3.33. The van der Waals surface area contributed by atoms with E-state index in [-0.39, 0.29) is 0 Å². The molecule has 1 aromatic carbocycles. The highest BCUT2D eigenvalue weighted by Crippen LogP contribution is 2.33. The van der Waals surface area contributed by atoms with Crippen molar-refractivity contribution in [3.8, 4) is 0 Å². The average molecular weight is 323 g/mol. The van der Waals surface area contributed by atoms with Crippen LogP contribution in [0.4, 0.5) is 0 Å². The van der Waals surface area contributed by atoms with Gasteiger partial charge in [0.05, 0.1) is 4.83 Å². The lowest BCUT2D eigenvalue weighted by atomic mass is 10.0. The van der Waals surface area contributed by atoms with Crippen LogP contribution in [0.1, 0.15) is 38.2 Å². The lowest BCUT2D eigenvalue weighted by Gasteiger charge is -2.09. The number of thiophene rings is 1. The number of rotatable bonds is 4. The summed E-state index contributed by atoms with van der Waals surface area (Å²) >= 11 is 5.74. The van der Waals surface area contributed by atoms with E-state index in [4.69, 9.17) is 0 Å². The van der Waals surface area contributed by atoms with Crippen molar-refractivity contribution in [2.24, 2.45) is 0 Å². The van der Waals surface area contributed by atoms with Gasteiger partial charge in [-0.05, 0) is 55.5 Å². The summed E-state index contributed by atoms with van der Waals surface area (Å²) in [5.74, 6) is 0. The maximum atomic E-state index is 3.82.